The van der Waals surface area contributed by atoms with Crippen LogP contribution in [0.3, 0.4) is 0 Å². The summed E-state index contributed by atoms with van der Waals surface area (Å²) in [5.41, 5.74) is 0. The van der Waals surface area contributed by atoms with Gasteiger partial charge in [0, 0.05) is 11.8 Å². The molecular formula is C8H13NO6S. The van der Waals surface area contributed by atoms with Crippen LogP contribution in [0, 0.1) is 0 Å². The molecule has 1 atom stereocenters. The Balaban J connectivity index is 4.60. The molecule has 0 aliphatic heterocycles. The quantitative estimate of drug-likeness (QED) is 0.419. The molecule has 0 aromatic heterocycles. The van der Waals surface area contributed by atoms with Gasteiger partial charge in [-0.2, -0.15) is 12.6 Å². The Labute approximate surface area is 97.1 Å². The molecule has 0 aromatic rings. The minimum Gasteiger partial charge on any atom is -0.481 e. The first-order valence-electron chi connectivity index (χ1n) is 4.37. The number of carbonyl (C=O) groups is 3. The molecule has 0 spiro atoms. The van der Waals surface area contributed by atoms with Crippen LogP contribution in [0.1, 0.15) is 6.42 Å². The minimum atomic E-state index is -1.21. The van der Waals surface area contributed by atoms with Gasteiger partial charge in [-0.25, -0.2) is 0 Å². The Bertz CT molecular complexity index is 266. The van der Waals surface area contributed by atoms with Crippen molar-refractivity contribution in [1.82, 2.24) is 4.90 Å². The zero-order chi connectivity index (χ0) is 12.7. The molecule has 0 amide bonds. The molecule has 0 saturated carbocycles. The molecule has 3 N–H and O–H groups in total. The molecule has 0 rings (SSSR count). The third-order valence-electron chi connectivity index (χ3n) is 1.81. The monoisotopic (exact) mass is 251 g/mol. The fraction of sp³-hybridized carbons (Fsp3) is 0.625. The molecule has 0 aliphatic rings. The minimum absolute atomic E-state index is 0.0762. The maximum absolute atomic E-state index is 10.5. The van der Waals surface area contributed by atoms with Crippen molar-refractivity contribution in [2.45, 2.75) is 12.5 Å². The number of carboxylic acids is 3. The number of carboxylic acid groups (broad SMARTS) is 3. The van der Waals surface area contributed by atoms with Crippen LogP contribution in [0.4, 0.5) is 0 Å². The van der Waals surface area contributed by atoms with E-state index in [2.05, 4.69) is 12.6 Å². The largest absolute Gasteiger partial charge is 0.481 e. The first-order valence-corrected chi connectivity index (χ1v) is 5.00. The highest BCUT2D eigenvalue weighted by atomic mass is 32.1. The lowest BCUT2D eigenvalue weighted by molar-refractivity contribution is -0.146. The molecule has 8 heteroatoms. The van der Waals surface area contributed by atoms with E-state index in [0.29, 0.717) is 0 Å². The first kappa shape index (κ1) is 14.7. The van der Waals surface area contributed by atoms with Gasteiger partial charge in [0.15, 0.2) is 0 Å². The van der Waals surface area contributed by atoms with Gasteiger partial charge in [0.2, 0.25) is 0 Å². The van der Waals surface area contributed by atoms with Gasteiger partial charge in [0.25, 0.3) is 0 Å². The van der Waals surface area contributed by atoms with Crippen molar-refractivity contribution >= 4 is 30.5 Å². The molecule has 0 radical (unpaired) electrons. The van der Waals surface area contributed by atoms with Gasteiger partial charge >= 0.3 is 17.9 Å². The molecular weight excluding hydrogens is 238 g/mol. The van der Waals surface area contributed by atoms with Crippen molar-refractivity contribution < 1.29 is 29.7 Å². The van der Waals surface area contributed by atoms with Crippen LogP contribution >= 0.6 is 12.6 Å². The molecule has 0 aromatic carbocycles. The van der Waals surface area contributed by atoms with Crippen LogP contribution in [-0.4, -0.2) is 63.0 Å². The molecule has 92 valence electrons. The van der Waals surface area contributed by atoms with Crippen molar-refractivity contribution in [1.29, 1.82) is 0 Å². The van der Waals surface area contributed by atoms with Crippen LogP contribution in [0.2, 0.25) is 0 Å². The van der Waals surface area contributed by atoms with Crippen LogP contribution in [0.15, 0.2) is 0 Å². The van der Waals surface area contributed by atoms with Gasteiger partial charge in [0.1, 0.15) is 0 Å². The average Bonchev–Trinajstić information content (AvgIpc) is 2.11. The fourth-order valence-electron chi connectivity index (χ4n) is 1.17. The lowest BCUT2D eigenvalue weighted by atomic mass is 10.2. The molecule has 0 bridgehead atoms. The van der Waals surface area contributed by atoms with Crippen LogP contribution in [0.25, 0.3) is 0 Å². The Hall–Kier alpha value is -1.28. The second-order valence-electron chi connectivity index (χ2n) is 3.13. The highest BCUT2D eigenvalue weighted by Crippen LogP contribution is 2.06. The standard InChI is InChI=1S/C8H13NO6S/c10-6(11)1-5(4-16)9(2-7(12)13)3-8(14)15/h5,16H,1-4H2,(H,10,11)(H,12,13)(H,14,15). The van der Waals surface area contributed by atoms with Crippen LogP contribution in [0.5, 0.6) is 0 Å². The van der Waals surface area contributed by atoms with E-state index in [1.54, 1.807) is 0 Å². The lowest BCUT2D eigenvalue weighted by Gasteiger charge is -2.26. The highest BCUT2D eigenvalue weighted by Gasteiger charge is 2.24. The number of aliphatic carboxylic acids is 3. The van der Waals surface area contributed by atoms with Gasteiger partial charge < -0.3 is 15.3 Å². The lowest BCUT2D eigenvalue weighted by Crippen LogP contribution is -2.44. The van der Waals surface area contributed by atoms with Gasteiger partial charge in [-0.3, -0.25) is 19.3 Å². The molecule has 0 heterocycles. The number of rotatable bonds is 8. The first-order chi connectivity index (χ1) is 7.36. The fourth-order valence-corrected chi connectivity index (χ4v) is 1.53. The SMILES string of the molecule is O=C(O)CC(CS)N(CC(=O)O)CC(=O)O. The molecule has 0 fully saturated rings. The number of hydrogen-bond acceptors (Lipinski definition) is 5. The maximum Gasteiger partial charge on any atom is 0.317 e. The summed E-state index contributed by atoms with van der Waals surface area (Å²) in [5.74, 6) is -3.47. The zero-order valence-corrected chi connectivity index (χ0v) is 9.26. The Morgan fingerprint density at radius 3 is 1.69 bits per heavy atom. The van der Waals surface area contributed by atoms with Crippen LogP contribution < -0.4 is 0 Å². The highest BCUT2D eigenvalue weighted by molar-refractivity contribution is 7.80. The van der Waals surface area contributed by atoms with Crippen molar-refractivity contribution in [2.24, 2.45) is 0 Å². The van der Waals surface area contributed by atoms with E-state index in [4.69, 9.17) is 15.3 Å². The summed E-state index contributed by atoms with van der Waals surface area (Å²) in [6, 6.07) is -0.715. The summed E-state index contributed by atoms with van der Waals surface area (Å²) in [6.07, 6.45) is -0.343. The normalized spacial score (nSPS) is 12.4. The smallest absolute Gasteiger partial charge is 0.317 e. The molecule has 0 saturated heterocycles. The van der Waals surface area contributed by atoms with E-state index in [1.807, 2.05) is 0 Å². The summed E-state index contributed by atoms with van der Waals surface area (Å²) >= 11 is 3.88. The summed E-state index contributed by atoms with van der Waals surface area (Å²) in [5, 5.41) is 25.7. The number of hydrogen-bond donors (Lipinski definition) is 4. The predicted molar refractivity (Wildman–Crippen MR) is 56.7 cm³/mol. The molecule has 7 nitrogen and oxygen atoms in total. The Morgan fingerprint density at radius 1 is 1.00 bits per heavy atom. The zero-order valence-electron chi connectivity index (χ0n) is 8.37. The van der Waals surface area contributed by atoms with E-state index >= 15 is 0 Å². The van der Waals surface area contributed by atoms with Gasteiger partial charge in [-0.05, 0) is 0 Å². The summed E-state index contributed by atoms with van der Waals surface area (Å²) in [6.45, 7) is -1.05. The second-order valence-corrected chi connectivity index (χ2v) is 3.49. The summed E-state index contributed by atoms with van der Waals surface area (Å²) in [4.78, 5) is 32.5. The van der Waals surface area contributed by atoms with Gasteiger partial charge in [-0.15, -0.1) is 0 Å². The molecule has 16 heavy (non-hydrogen) atoms. The van der Waals surface area contributed by atoms with Gasteiger partial charge in [0.05, 0.1) is 19.5 Å². The predicted octanol–water partition coefficient (Wildman–Crippen LogP) is -0.769. The topological polar surface area (TPSA) is 115 Å². The summed E-state index contributed by atoms with van der Waals surface area (Å²) < 4.78 is 0. The van der Waals surface area contributed by atoms with E-state index < -0.39 is 37.0 Å². The van der Waals surface area contributed by atoms with Crippen molar-refractivity contribution in [2.75, 3.05) is 18.8 Å². The maximum atomic E-state index is 10.5. The Kier molecular flexibility index (Phi) is 6.50. The van der Waals surface area contributed by atoms with Crippen molar-refractivity contribution in [3.8, 4) is 0 Å². The van der Waals surface area contributed by atoms with Crippen molar-refractivity contribution in [3.05, 3.63) is 0 Å². The number of nitrogens with zero attached hydrogens (tertiary/aromatic N) is 1. The summed E-state index contributed by atoms with van der Waals surface area (Å²) in [7, 11) is 0. The average molecular weight is 251 g/mol. The van der Waals surface area contributed by atoms with E-state index in [-0.39, 0.29) is 12.2 Å². The number of thiol groups is 1. The third kappa shape index (κ3) is 6.25. The van der Waals surface area contributed by atoms with Crippen LogP contribution in [-0.2, 0) is 14.4 Å². The second kappa shape index (κ2) is 7.07. The van der Waals surface area contributed by atoms with Gasteiger partial charge in [-0.1, -0.05) is 0 Å². The molecule has 1 unspecified atom stereocenters. The van der Waals surface area contributed by atoms with E-state index in [9.17, 15) is 14.4 Å². The molecule has 0 aliphatic carbocycles. The third-order valence-corrected chi connectivity index (χ3v) is 2.24. The van der Waals surface area contributed by atoms with E-state index in [0.717, 1.165) is 4.90 Å². The Morgan fingerprint density at radius 2 is 1.44 bits per heavy atom. The van der Waals surface area contributed by atoms with E-state index in [1.165, 1.54) is 0 Å². The van der Waals surface area contributed by atoms with Crippen molar-refractivity contribution in [3.63, 3.8) is 0 Å².